The van der Waals surface area contributed by atoms with Crippen LogP contribution in [0.5, 0.6) is 5.88 Å². The van der Waals surface area contributed by atoms with Crippen molar-refractivity contribution in [1.29, 1.82) is 0 Å². The van der Waals surface area contributed by atoms with Gasteiger partial charge in [-0.05, 0) is 67.6 Å². The molecule has 1 unspecified atom stereocenters. The van der Waals surface area contributed by atoms with Crippen molar-refractivity contribution in [3.8, 4) is 5.88 Å². The van der Waals surface area contributed by atoms with Gasteiger partial charge in [-0.1, -0.05) is 18.2 Å². The Kier molecular flexibility index (Phi) is 9.63. The van der Waals surface area contributed by atoms with E-state index in [1.807, 2.05) is 29.4 Å². The predicted octanol–water partition coefficient (Wildman–Crippen LogP) is 3.92. The van der Waals surface area contributed by atoms with Crippen LogP contribution in [-0.2, 0) is 33.8 Å². The minimum absolute atomic E-state index is 0.00420. The molecule has 0 spiro atoms. The molecule has 0 radical (unpaired) electrons. The maximum Gasteiger partial charge on any atom is 0.237 e. The number of piperidine rings is 1. The zero-order valence-electron chi connectivity index (χ0n) is 32.3. The molecule has 14 nitrogen and oxygen atoms in total. The van der Waals surface area contributed by atoms with Gasteiger partial charge in [-0.15, -0.1) is 0 Å². The van der Waals surface area contributed by atoms with E-state index in [-0.39, 0.29) is 35.6 Å². The van der Waals surface area contributed by atoms with Crippen molar-refractivity contribution in [2.45, 2.75) is 57.5 Å². The van der Waals surface area contributed by atoms with Crippen molar-refractivity contribution < 1.29 is 23.5 Å². The van der Waals surface area contributed by atoms with Gasteiger partial charge in [0.1, 0.15) is 18.1 Å². The molecule has 2 aromatic heterocycles. The molecule has 0 bridgehead atoms. The summed E-state index contributed by atoms with van der Waals surface area (Å²) >= 11 is 0. The topological polar surface area (TPSA) is 148 Å². The van der Waals surface area contributed by atoms with Crippen molar-refractivity contribution >= 4 is 46.4 Å². The number of fused-ring (bicyclic) bond motifs is 2. The van der Waals surface area contributed by atoms with E-state index in [1.54, 1.807) is 12.1 Å². The number of pyridine rings is 1. The second-order valence-corrected chi connectivity index (χ2v) is 16.0. The summed E-state index contributed by atoms with van der Waals surface area (Å²) in [5, 5.41) is 9.01. The average molecular weight is 775 g/mol. The summed E-state index contributed by atoms with van der Waals surface area (Å²) in [4.78, 5) is 59.9. The molecule has 3 saturated heterocycles. The normalized spacial score (nSPS) is 20.4. The van der Waals surface area contributed by atoms with Crippen LogP contribution < -0.4 is 30.5 Å². The summed E-state index contributed by atoms with van der Waals surface area (Å²) in [6.45, 7) is 11.5. The Morgan fingerprint density at radius 1 is 1.00 bits per heavy atom. The van der Waals surface area contributed by atoms with Crippen molar-refractivity contribution in [1.82, 2.24) is 30.1 Å². The van der Waals surface area contributed by atoms with Gasteiger partial charge >= 0.3 is 0 Å². The number of anilines is 5. The number of ether oxygens (including phenoxy) is 1. The summed E-state index contributed by atoms with van der Waals surface area (Å²) in [5.41, 5.74) is 7.94. The van der Waals surface area contributed by atoms with Crippen LogP contribution in [-0.4, -0.2) is 107 Å². The van der Waals surface area contributed by atoms with Crippen LogP contribution >= 0.6 is 0 Å². The van der Waals surface area contributed by atoms with E-state index in [9.17, 15) is 14.4 Å². The highest BCUT2D eigenvalue weighted by molar-refractivity contribution is 6.01. The number of benzene rings is 2. The lowest BCUT2D eigenvalue weighted by molar-refractivity contribution is -0.135. The average Bonchev–Trinajstić information content (AvgIpc) is 3.21. The molecule has 3 N–H and O–H groups in total. The van der Waals surface area contributed by atoms with Gasteiger partial charge < -0.3 is 30.1 Å². The Labute approximate surface area is 330 Å². The molecule has 1 atom stereocenters. The number of nitrogens with zero attached hydrogens (tertiary/aromatic N) is 7. The number of carbonyl (C=O) groups is 3. The van der Waals surface area contributed by atoms with E-state index in [0.717, 1.165) is 85.1 Å². The maximum absolute atomic E-state index is 15.4. The van der Waals surface area contributed by atoms with Crippen molar-refractivity contribution in [3.63, 3.8) is 0 Å². The quantitative estimate of drug-likeness (QED) is 0.223. The fourth-order valence-corrected chi connectivity index (χ4v) is 8.85. The second kappa shape index (κ2) is 14.9. The molecule has 2 aromatic carbocycles. The van der Waals surface area contributed by atoms with Crippen LogP contribution in [0.1, 0.15) is 53.6 Å². The van der Waals surface area contributed by atoms with Gasteiger partial charge in [0.05, 0.1) is 42.0 Å². The van der Waals surface area contributed by atoms with E-state index >= 15 is 4.39 Å². The molecule has 15 heteroatoms. The Morgan fingerprint density at radius 3 is 2.58 bits per heavy atom. The highest BCUT2D eigenvalue weighted by Crippen LogP contribution is 2.37. The Balaban J connectivity index is 0.758. The second-order valence-electron chi connectivity index (χ2n) is 16.0. The lowest BCUT2D eigenvalue weighted by atomic mass is 9.87. The summed E-state index contributed by atoms with van der Waals surface area (Å²) in [6.07, 6.45) is 5.40. The number of aromatic nitrogens is 3. The minimum Gasteiger partial charge on any atom is -0.474 e. The summed E-state index contributed by atoms with van der Waals surface area (Å²) in [7, 11) is 0. The molecule has 5 aliphatic heterocycles. The summed E-state index contributed by atoms with van der Waals surface area (Å²) in [5.74, 6) is -0.226. The number of carbonyl (C=O) groups excluding carboxylic acids is 3. The Bertz CT molecular complexity index is 2220. The van der Waals surface area contributed by atoms with Gasteiger partial charge in [-0.2, -0.15) is 0 Å². The Morgan fingerprint density at radius 2 is 1.81 bits per heavy atom. The first-order valence-corrected chi connectivity index (χ1v) is 19.8. The third-order valence-corrected chi connectivity index (χ3v) is 12.2. The minimum atomic E-state index is -0.448. The van der Waals surface area contributed by atoms with Gasteiger partial charge in [-0.3, -0.25) is 24.6 Å². The van der Waals surface area contributed by atoms with Crippen LogP contribution in [0.4, 0.5) is 33.1 Å². The summed E-state index contributed by atoms with van der Waals surface area (Å²) in [6, 6.07) is 12.9. The lowest BCUT2D eigenvalue weighted by Crippen LogP contribution is -2.71. The number of halogens is 1. The van der Waals surface area contributed by atoms with Crippen LogP contribution in [0.3, 0.4) is 0 Å². The molecular formula is C42H47FN10O4. The van der Waals surface area contributed by atoms with Gasteiger partial charge in [0.25, 0.3) is 0 Å². The van der Waals surface area contributed by atoms with E-state index in [0.29, 0.717) is 62.2 Å². The molecule has 3 fully saturated rings. The zero-order valence-corrected chi connectivity index (χ0v) is 32.3. The molecular weight excluding hydrogens is 728 g/mol. The van der Waals surface area contributed by atoms with Gasteiger partial charge in [-0.25, -0.2) is 19.3 Å². The third-order valence-electron chi connectivity index (χ3n) is 12.2. The number of hydrogen-bond donors (Lipinski definition) is 3. The first kappa shape index (κ1) is 36.8. The number of hydrogen-bond acceptors (Lipinski definition) is 12. The number of rotatable bonds is 8. The molecule has 5 aliphatic rings. The smallest absolute Gasteiger partial charge is 0.237 e. The number of nitrogens with one attached hydrogen (secondary N) is 3. The van der Waals surface area contributed by atoms with Gasteiger partial charge in [0.15, 0.2) is 0 Å². The molecule has 0 saturated carbocycles. The largest absolute Gasteiger partial charge is 0.474 e. The molecule has 0 aliphatic carbocycles. The van der Waals surface area contributed by atoms with E-state index in [1.165, 1.54) is 6.07 Å². The van der Waals surface area contributed by atoms with Crippen molar-refractivity contribution in [2.24, 2.45) is 0 Å². The molecule has 9 rings (SSSR count). The number of amides is 3. The Hall–Kier alpha value is -5.83. The SMILES string of the molecule is Cc1c(N2CCc3cnc(Nc4ccc(CC(=O)N5CCN(C6(C)CN(c7ccc(C8CCC(=O)NC8=O)cc7)C6)CC5)c(F)c4)nc3C2)cnc2c1NCCO2. The lowest BCUT2D eigenvalue weighted by Gasteiger charge is -2.56. The first-order valence-electron chi connectivity index (χ1n) is 19.8. The fraction of sp³-hybridized carbons (Fsp3) is 0.429. The monoisotopic (exact) mass is 774 g/mol. The number of piperazine rings is 1. The van der Waals surface area contributed by atoms with Crippen LogP contribution in [0.25, 0.3) is 0 Å². The van der Waals surface area contributed by atoms with E-state index in [2.05, 4.69) is 66.6 Å². The van der Waals surface area contributed by atoms with E-state index in [4.69, 9.17) is 9.72 Å². The highest BCUT2D eigenvalue weighted by Gasteiger charge is 2.45. The first-order chi connectivity index (χ1) is 27.6. The third kappa shape index (κ3) is 7.31. The standard InChI is InChI=1S/C42H47FN10O4/c1-26-35(22-45-40-38(26)44-12-18-57-40)51-13-11-29-21-46-41(48-34(29)23-51)47-30-6-3-28(33(43)20-30)19-37(55)50-14-16-53(17-15-50)42(2)24-52(25-42)31-7-4-27(5-8-31)32-9-10-36(54)49-39(32)56/h3-8,20-22,32,44H,9-19,23-25H2,1-2H3,(H,46,47,48)(H,49,54,56). The van der Waals surface area contributed by atoms with Crippen molar-refractivity contribution in [3.05, 3.63) is 88.6 Å². The highest BCUT2D eigenvalue weighted by atomic mass is 19.1. The predicted molar refractivity (Wildman–Crippen MR) is 213 cm³/mol. The summed E-state index contributed by atoms with van der Waals surface area (Å²) < 4.78 is 21.1. The zero-order chi connectivity index (χ0) is 39.3. The van der Waals surface area contributed by atoms with Crippen LogP contribution in [0.15, 0.2) is 54.9 Å². The van der Waals surface area contributed by atoms with Crippen LogP contribution in [0, 0.1) is 12.7 Å². The molecule has 57 heavy (non-hydrogen) atoms. The molecule has 7 heterocycles. The number of imide groups is 1. The van der Waals surface area contributed by atoms with Gasteiger partial charge in [0.2, 0.25) is 29.5 Å². The fourth-order valence-electron chi connectivity index (χ4n) is 8.85. The van der Waals surface area contributed by atoms with Gasteiger partial charge in [0, 0.05) is 81.9 Å². The van der Waals surface area contributed by atoms with Crippen LogP contribution in [0.2, 0.25) is 0 Å². The molecule has 3 amide bonds. The molecule has 296 valence electrons. The maximum atomic E-state index is 15.4. The van der Waals surface area contributed by atoms with Crippen molar-refractivity contribution in [2.75, 3.05) is 79.4 Å². The molecule has 4 aromatic rings. The van der Waals surface area contributed by atoms with E-state index < -0.39 is 5.82 Å².